The van der Waals surface area contributed by atoms with Gasteiger partial charge in [-0.2, -0.15) is 0 Å². The molecular formula is C27H19ClN2O4S. The van der Waals surface area contributed by atoms with Crippen molar-refractivity contribution in [1.29, 1.82) is 0 Å². The van der Waals surface area contributed by atoms with Gasteiger partial charge >= 0.3 is 0 Å². The molecule has 0 saturated heterocycles. The van der Waals surface area contributed by atoms with E-state index in [9.17, 15) is 14.7 Å². The Morgan fingerprint density at radius 2 is 1.86 bits per heavy atom. The van der Waals surface area contributed by atoms with E-state index in [1.807, 2.05) is 36.4 Å². The van der Waals surface area contributed by atoms with Gasteiger partial charge in [-0.15, -0.1) is 0 Å². The van der Waals surface area contributed by atoms with E-state index in [0.29, 0.717) is 27.0 Å². The molecule has 174 valence electrons. The first kappa shape index (κ1) is 22.8. The van der Waals surface area contributed by atoms with Crippen molar-refractivity contribution in [3.05, 3.63) is 106 Å². The van der Waals surface area contributed by atoms with Gasteiger partial charge in [0.05, 0.1) is 28.9 Å². The van der Waals surface area contributed by atoms with E-state index >= 15 is 0 Å². The van der Waals surface area contributed by atoms with Crippen LogP contribution in [0, 0.1) is 0 Å². The number of aromatic nitrogens is 1. The molecule has 35 heavy (non-hydrogen) atoms. The SMILES string of the molecule is COc1ccc2nc(N3C(=O)C(O)=C(C(=O)C=Cc4ccccc4)C3c3ccc(Cl)cc3)sc2c1. The molecule has 2 heterocycles. The van der Waals surface area contributed by atoms with E-state index in [-0.39, 0.29) is 5.57 Å². The average molecular weight is 503 g/mol. The van der Waals surface area contributed by atoms with E-state index in [1.165, 1.54) is 22.3 Å². The first-order chi connectivity index (χ1) is 17.0. The smallest absolute Gasteiger partial charge is 0.296 e. The van der Waals surface area contributed by atoms with Gasteiger partial charge < -0.3 is 9.84 Å². The standard InChI is InChI=1S/C27H19ClN2O4S/c1-34-19-12-13-20-22(15-19)35-27(29-20)30-24(17-8-10-18(28)11-9-17)23(25(32)26(30)33)21(31)14-7-16-5-3-2-4-6-16/h2-15,24,32H,1H3. The number of halogens is 1. The van der Waals surface area contributed by atoms with Crippen molar-refractivity contribution < 1.29 is 19.4 Å². The second-order valence-electron chi connectivity index (χ2n) is 7.83. The van der Waals surface area contributed by atoms with Gasteiger partial charge in [0, 0.05) is 5.02 Å². The van der Waals surface area contributed by atoms with Gasteiger partial charge in [-0.1, -0.05) is 71.5 Å². The number of anilines is 1. The number of ketones is 1. The molecule has 0 fully saturated rings. The lowest BCUT2D eigenvalue weighted by Gasteiger charge is -2.24. The predicted molar refractivity (Wildman–Crippen MR) is 138 cm³/mol. The third-order valence-electron chi connectivity index (χ3n) is 5.68. The first-order valence-electron chi connectivity index (χ1n) is 10.7. The Kier molecular flexibility index (Phi) is 6.11. The summed E-state index contributed by atoms with van der Waals surface area (Å²) in [6, 6.07) is 20.7. The molecule has 6 nitrogen and oxygen atoms in total. The maximum Gasteiger partial charge on any atom is 0.296 e. The van der Waals surface area contributed by atoms with Crippen molar-refractivity contribution in [3.63, 3.8) is 0 Å². The third-order valence-corrected chi connectivity index (χ3v) is 6.95. The number of fused-ring (bicyclic) bond motifs is 1. The lowest BCUT2D eigenvalue weighted by molar-refractivity contribution is -0.117. The molecule has 4 aromatic rings. The molecule has 8 heteroatoms. The summed E-state index contributed by atoms with van der Waals surface area (Å²) < 4.78 is 6.10. The molecule has 1 atom stereocenters. The van der Waals surface area contributed by atoms with Crippen LogP contribution in [0.15, 0.2) is 90.2 Å². The van der Waals surface area contributed by atoms with Crippen LogP contribution in [0.5, 0.6) is 5.75 Å². The summed E-state index contributed by atoms with van der Waals surface area (Å²) in [6.45, 7) is 0. The Bertz CT molecular complexity index is 1490. The van der Waals surface area contributed by atoms with Crippen molar-refractivity contribution >= 4 is 56.1 Å². The normalized spacial score (nSPS) is 16.0. The van der Waals surface area contributed by atoms with Crippen molar-refractivity contribution in [1.82, 2.24) is 4.98 Å². The zero-order valence-electron chi connectivity index (χ0n) is 18.5. The number of allylic oxidation sites excluding steroid dienone is 1. The number of benzene rings is 3. The number of carbonyl (C=O) groups is 2. The number of aliphatic hydroxyl groups is 1. The zero-order valence-corrected chi connectivity index (χ0v) is 20.1. The van der Waals surface area contributed by atoms with E-state index in [0.717, 1.165) is 10.3 Å². The third kappa shape index (κ3) is 4.32. The highest BCUT2D eigenvalue weighted by atomic mass is 35.5. The van der Waals surface area contributed by atoms with Gasteiger partial charge in [-0.25, -0.2) is 4.98 Å². The number of carbonyl (C=O) groups excluding carboxylic acids is 2. The molecule has 1 amide bonds. The molecule has 1 aliphatic heterocycles. The molecule has 5 rings (SSSR count). The molecular weight excluding hydrogens is 484 g/mol. The quantitative estimate of drug-likeness (QED) is 0.320. The fourth-order valence-corrected chi connectivity index (χ4v) is 5.11. The number of aliphatic hydroxyl groups excluding tert-OH is 1. The molecule has 1 N–H and O–H groups in total. The van der Waals surface area contributed by atoms with Crippen LogP contribution in [-0.4, -0.2) is 28.9 Å². The van der Waals surface area contributed by atoms with Gasteiger partial charge in [0.15, 0.2) is 16.7 Å². The monoisotopic (exact) mass is 502 g/mol. The van der Waals surface area contributed by atoms with Gasteiger partial charge in [0.1, 0.15) is 5.75 Å². The van der Waals surface area contributed by atoms with E-state index in [2.05, 4.69) is 4.98 Å². The summed E-state index contributed by atoms with van der Waals surface area (Å²) in [5.41, 5.74) is 2.11. The molecule has 1 aromatic heterocycles. The fraction of sp³-hybridized carbons (Fsp3) is 0.0741. The van der Waals surface area contributed by atoms with E-state index in [4.69, 9.17) is 16.3 Å². The number of ether oxygens (including phenoxy) is 1. The van der Waals surface area contributed by atoms with Crippen LogP contribution < -0.4 is 9.64 Å². The highest BCUT2D eigenvalue weighted by Gasteiger charge is 2.45. The molecule has 0 spiro atoms. The molecule has 0 saturated carbocycles. The summed E-state index contributed by atoms with van der Waals surface area (Å²) in [5.74, 6) is -1.08. The number of rotatable bonds is 6. The number of thiazole rings is 1. The predicted octanol–water partition coefficient (Wildman–Crippen LogP) is 6.14. The maximum atomic E-state index is 13.3. The second-order valence-corrected chi connectivity index (χ2v) is 9.28. The largest absolute Gasteiger partial charge is 0.503 e. The molecule has 0 bridgehead atoms. The Morgan fingerprint density at radius 1 is 1.11 bits per heavy atom. The Morgan fingerprint density at radius 3 is 2.57 bits per heavy atom. The summed E-state index contributed by atoms with van der Waals surface area (Å²) in [6.07, 6.45) is 3.02. The number of hydrogen-bond acceptors (Lipinski definition) is 6. The Labute approximate surface area is 210 Å². The van der Waals surface area contributed by atoms with E-state index in [1.54, 1.807) is 49.6 Å². The molecule has 3 aromatic carbocycles. The van der Waals surface area contributed by atoms with Crippen LogP contribution in [0.2, 0.25) is 5.02 Å². The number of hydrogen-bond donors (Lipinski definition) is 1. The van der Waals surface area contributed by atoms with Gasteiger partial charge in [-0.3, -0.25) is 14.5 Å². The van der Waals surface area contributed by atoms with Crippen LogP contribution in [0.3, 0.4) is 0 Å². The van der Waals surface area contributed by atoms with Gasteiger partial charge in [-0.05, 0) is 47.5 Å². The molecule has 1 aliphatic rings. The Hall–Kier alpha value is -3.94. The van der Waals surface area contributed by atoms with Gasteiger partial charge in [0.2, 0.25) is 0 Å². The fourth-order valence-electron chi connectivity index (χ4n) is 3.96. The number of nitrogens with zero attached hydrogens (tertiary/aromatic N) is 2. The minimum atomic E-state index is -0.866. The lowest BCUT2D eigenvalue weighted by Crippen LogP contribution is -2.30. The molecule has 0 aliphatic carbocycles. The van der Waals surface area contributed by atoms with Crippen LogP contribution in [0.25, 0.3) is 16.3 Å². The van der Waals surface area contributed by atoms with Crippen molar-refractivity contribution in [2.75, 3.05) is 12.0 Å². The van der Waals surface area contributed by atoms with Crippen LogP contribution in [0.4, 0.5) is 5.13 Å². The van der Waals surface area contributed by atoms with Crippen molar-refractivity contribution in [2.24, 2.45) is 0 Å². The van der Waals surface area contributed by atoms with Gasteiger partial charge in [0.25, 0.3) is 5.91 Å². The zero-order chi connectivity index (χ0) is 24.5. The van der Waals surface area contributed by atoms with Crippen LogP contribution in [0.1, 0.15) is 17.2 Å². The summed E-state index contributed by atoms with van der Waals surface area (Å²) in [7, 11) is 1.58. The minimum absolute atomic E-state index is 0.0126. The highest BCUT2D eigenvalue weighted by Crippen LogP contribution is 2.44. The van der Waals surface area contributed by atoms with Crippen LogP contribution >= 0.6 is 22.9 Å². The van der Waals surface area contributed by atoms with E-state index < -0.39 is 23.5 Å². The minimum Gasteiger partial charge on any atom is -0.503 e. The maximum absolute atomic E-state index is 13.3. The second kappa shape index (κ2) is 9.37. The van der Waals surface area contributed by atoms with Crippen LogP contribution in [-0.2, 0) is 9.59 Å². The summed E-state index contributed by atoms with van der Waals surface area (Å²) in [5, 5.41) is 11.7. The number of methoxy groups -OCH3 is 1. The van der Waals surface area contributed by atoms with Crippen molar-refractivity contribution in [3.8, 4) is 5.75 Å². The Balaban J connectivity index is 1.60. The first-order valence-corrected chi connectivity index (χ1v) is 11.9. The molecule has 1 unspecified atom stereocenters. The highest BCUT2D eigenvalue weighted by molar-refractivity contribution is 7.22. The lowest BCUT2D eigenvalue weighted by atomic mass is 9.96. The van der Waals surface area contributed by atoms with Crippen molar-refractivity contribution in [2.45, 2.75) is 6.04 Å². The summed E-state index contributed by atoms with van der Waals surface area (Å²) in [4.78, 5) is 32.6. The molecule has 0 radical (unpaired) electrons. The number of amides is 1. The average Bonchev–Trinajstić information content (AvgIpc) is 3.41. The topological polar surface area (TPSA) is 79.7 Å². The summed E-state index contributed by atoms with van der Waals surface area (Å²) >= 11 is 7.36.